The third-order valence-electron chi connectivity index (χ3n) is 4.04. The molecule has 0 radical (unpaired) electrons. The Kier molecular flexibility index (Phi) is 6.65. The first-order valence-electron chi connectivity index (χ1n) is 7.34. The van der Waals surface area contributed by atoms with Crippen molar-refractivity contribution < 1.29 is 4.79 Å². The molecule has 18 heavy (non-hydrogen) atoms. The lowest BCUT2D eigenvalue weighted by atomic mass is 9.95. The van der Waals surface area contributed by atoms with Crippen molar-refractivity contribution in [3.05, 3.63) is 0 Å². The molecule has 2 N–H and O–H groups in total. The first-order chi connectivity index (χ1) is 8.58. The number of nitrogens with two attached hydrogens (primary N) is 1. The fraction of sp³-hybridized carbons (Fsp3) is 0.929. The molecule has 1 heterocycles. The van der Waals surface area contributed by atoms with Crippen LogP contribution in [-0.2, 0) is 4.79 Å². The van der Waals surface area contributed by atoms with Crippen molar-refractivity contribution >= 4 is 5.91 Å². The van der Waals surface area contributed by atoms with E-state index in [2.05, 4.69) is 11.8 Å². The fourth-order valence-electron chi connectivity index (χ4n) is 2.64. The summed E-state index contributed by atoms with van der Waals surface area (Å²) in [6.45, 7) is 11.1. The van der Waals surface area contributed by atoms with Crippen LogP contribution >= 0.6 is 0 Å². The first kappa shape index (κ1) is 15.4. The monoisotopic (exact) mass is 255 g/mol. The van der Waals surface area contributed by atoms with Gasteiger partial charge in [0.25, 0.3) is 0 Å². The molecule has 1 saturated heterocycles. The highest BCUT2D eigenvalue weighted by Crippen LogP contribution is 2.15. The van der Waals surface area contributed by atoms with E-state index in [1.165, 1.54) is 0 Å². The SMILES string of the molecule is CCN(CC)C(=O)CCCN1CCC(N)C(C)C1. The summed E-state index contributed by atoms with van der Waals surface area (Å²) < 4.78 is 0. The summed E-state index contributed by atoms with van der Waals surface area (Å²) in [6, 6.07) is 0.360. The van der Waals surface area contributed by atoms with Gasteiger partial charge in [-0.3, -0.25) is 4.79 Å². The van der Waals surface area contributed by atoms with E-state index in [4.69, 9.17) is 5.73 Å². The van der Waals surface area contributed by atoms with E-state index in [9.17, 15) is 4.79 Å². The van der Waals surface area contributed by atoms with Crippen LogP contribution in [0, 0.1) is 5.92 Å². The Bertz CT molecular complexity index is 253. The second-order valence-corrected chi connectivity index (χ2v) is 5.40. The second-order valence-electron chi connectivity index (χ2n) is 5.40. The van der Waals surface area contributed by atoms with E-state index in [0.717, 1.165) is 45.6 Å². The molecule has 4 nitrogen and oxygen atoms in total. The number of likely N-dealkylation sites (tertiary alicyclic amines) is 1. The molecule has 4 heteroatoms. The largest absolute Gasteiger partial charge is 0.343 e. The molecular formula is C14H29N3O. The number of amides is 1. The minimum absolute atomic E-state index is 0.293. The maximum atomic E-state index is 11.9. The minimum atomic E-state index is 0.293. The molecular weight excluding hydrogens is 226 g/mol. The highest BCUT2D eigenvalue weighted by molar-refractivity contribution is 5.76. The third kappa shape index (κ3) is 4.58. The Morgan fingerprint density at radius 3 is 2.61 bits per heavy atom. The Hall–Kier alpha value is -0.610. The smallest absolute Gasteiger partial charge is 0.222 e. The number of rotatable bonds is 6. The molecule has 0 bridgehead atoms. The van der Waals surface area contributed by atoms with Crippen LogP contribution in [0.1, 0.15) is 40.0 Å². The van der Waals surface area contributed by atoms with E-state index in [0.29, 0.717) is 24.3 Å². The lowest BCUT2D eigenvalue weighted by Gasteiger charge is -2.35. The highest BCUT2D eigenvalue weighted by atomic mass is 16.2. The summed E-state index contributed by atoms with van der Waals surface area (Å²) in [7, 11) is 0. The van der Waals surface area contributed by atoms with Crippen molar-refractivity contribution in [2.75, 3.05) is 32.7 Å². The average Bonchev–Trinajstić information content (AvgIpc) is 2.35. The molecule has 1 rings (SSSR count). The van der Waals surface area contributed by atoms with E-state index >= 15 is 0 Å². The fourth-order valence-corrected chi connectivity index (χ4v) is 2.64. The molecule has 1 aliphatic rings. The number of piperidine rings is 1. The summed E-state index contributed by atoms with van der Waals surface area (Å²) in [5.74, 6) is 0.874. The van der Waals surface area contributed by atoms with E-state index in [1.807, 2.05) is 18.7 Å². The first-order valence-corrected chi connectivity index (χ1v) is 7.34. The lowest BCUT2D eigenvalue weighted by Crippen LogP contribution is -2.46. The van der Waals surface area contributed by atoms with Gasteiger partial charge in [-0.25, -0.2) is 0 Å². The number of carbonyl (C=O) groups is 1. The van der Waals surface area contributed by atoms with Gasteiger partial charge in [0.05, 0.1) is 0 Å². The van der Waals surface area contributed by atoms with Gasteiger partial charge in [-0.1, -0.05) is 6.92 Å². The molecule has 106 valence electrons. The summed E-state index contributed by atoms with van der Waals surface area (Å²) >= 11 is 0. The average molecular weight is 255 g/mol. The van der Waals surface area contributed by atoms with Gasteiger partial charge in [0.2, 0.25) is 5.91 Å². The zero-order chi connectivity index (χ0) is 13.5. The summed E-state index contributed by atoms with van der Waals surface area (Å²) in [5, 5.41) is 0. The molecule has 1 fully saturated rings. The molecule has 0 saturated carbocycles. The van der Waals surface area contributed by atoms with Crippen molar-refractivity contribution in [3.8, 4) is 0 Å². The van der Waals surface area contributed by atoms with Crippen LogP contribution in [0.3, 0.4) is 0 Å². The van der Waals surface area contributed by atoms with Crippen LogP contribution in [0.25, 0.3) is 0 Å². The van der Waals surface area contributed by atoms with Gasteiger partial charge >= 0.3 is 0 Å². The van der Waals surface area contributed by atoms with Gasteiger partial charge in [-0.05, 0) is 45.7 Å². The molecule has 0 aromatic carbocycles. The Morgan fingerprint density at radius 2 is 2.06 bits per heavy atom. The zero-order valence-corrected chi connectivity index (χ0v) is 12.2. The van der Waals surface area contributed by atoms with Gasteiger partial charge in [0.15, 0.2) is 0 Å². The Labute approximate surface area is 111 Å². The van der Waals surface area contributed by atoms with Crippen molar-refractivity contribution in [2.45, 2.75) is 46.1 Å². The van der Waals surface area contributed by atoms with E-state index in [-0.39, 0.29) is 0 Å². The normalized spacial score (nSPS) is 25.1. The van der Waals surface area contributed by atoms with Gasteiger partial charge in [0.1, 0.15) is 0 Å². The summed E-state index contributed by atoms with van der Waals surface area (Å²) in [6.07, 6.45) is 2.74. The molecule has 1 aliphatic heterocycles. The number of hydrogen-bond donors (Lipinski definition) is 1. The maximum Gasteiger partial charge on any atom is 0.222 e. The Morgan fingerprint density at radius 1 is 1.39 bits per heavy atom. The molecule has 1 amide bonds. The van der Waals surface area contributed by atoms with Crippen LogP contribution < -0.4 is 5.73 Å². The van der Waals surface area contributed by atoms with Gasteiger partial charge in [-0.2, -0.15) is 0 Å². The van der Waals surface area contributed by atoms with Crippen molar-refractivity contribution in [3.63, 3.8) is 0 Å². The van der Waals surface area contributed by atoms with Crippen LogP contribution in [0.5, 0.6) is 0 Å². The minimum Gasteiger partial charge on any atom is -0.343 e. The van der Waals surface area contributed by atoms with Gasteiger partial charge in [0, 0.05) is 32.1 Å². The molecule has 2 atom stereocenters. The number of hydrogen-bond acceptors (Lipinski definition) is 3. The second kappa shape index (κ2) is 7.74. The van der Waals surface area contributed by atoms with Crippen LogP contribution in [0.4, 0.5) is 0 Å². The van der Waals surface area contributed by atoms with Crippen LogP contribution in [0.2, 0.25) is 0 Å². The Balaban J connectivity index is 2.20. The quantitative estimate of drug-likeness (QED) is 0.778. The predicted octanol–water partition coefficient (Wildman–Crippen LogP) is 1.30. The summed E-state index contributed by atoms with van der Waals surface area (Å²) in [4.78, 5) is 16.2. The third-order valence-corrected chi connectivity index (χ3v) is 4.04. The molecule has 0 aromatic heterocycles. The van der Waals surface area contributed by atoms with E-state index in [1.54, 1.807) is 0 Å². The van der Waals surface area contributed by atoms with Crippen molar-refractivity contribution in [2.24, 2.45) is 11.7 Å². The molecule has 0 spiro atoms. The standard InChI is InChI=1S/C14H29N3O/c1-4-17(5-2)14(18)7-6-9-16-10-8-13(15)12(3)11-16/h12-13H,4-11,15H2,1-3H3. The zero-order valence-electron chi connectivity index (χ0n) is 12.2. The van der Waals surface area contributed by atoms with Crippen LogP contribution in [-0.4, -0.2) is 54.5 Å². The van der Waals surface area contributed by atoms with Crippen molar-refractivity contribution in [1.29, 1.82) is 0 Å². The topological polar surface area (TPSA) is 49.6 Å². The molecule has 0 aromatic rings. The highest BCUT2D eigenvalue weighted by Gasteiger charge is 2.22. The number of carbonyl (C=O) groups excluding carboxylic acids is 1. The van der Waals surface area contributed by atoms with Gasteiger partial charge < -0.3 is 15.5 Å². The predicted molar refractivity (Wildman–Crippen MR) is 75.4 cm³/mol. The lowest BCUT2D eigenvalue weighted by molar-refractivity contribution is -0.131. The van der Waals surface area contributed by atoms with Crippen molar-refractivity contribution in [1.82, 2.24) is 9.80 Å². The van der Waals surface area contributed by atoms with Gasteiger partial charge in [-0.15, -0.1) is 0 Å². The van der Waals surface area contributed by atoms with E-state index < -0.39 is 0 Å². The molecule has 0 aliphatic carbocycles. The maximum absolute atomic E-state index is 11.9. The summed E-state index contributed by atoms with van der Waals surface area (Å²) in [5.41, 5.74) is 6.01. The number of nitrogens with zero attached hydrogens (tertiary/aromatic N) is 2. The van der Waals surface area contributed by atoms with Crippen LogP contribution in [0.15, 0.2) is 0 Å². The molecule has 2 unspecified atom stereocenters.